The second-order valence-electron chi connectivity index (χ2n) is 5.74. The van der Waals surface area contributed by atoms with E-state index in [9.17, 15) is 0 Å². The summed E-state index contributed by atoms with van der Waals surface area (Å²) in [4.78, 5) is 0. The van der Waals surface area contributed by atoms with Crippen molar-refractivity contribution >= 4 is 5.69 Å². The zero-order chi connectivity index (χ0) is 14.8. The molecule has 0 spiro atoms. The first-order chi connectivity index (χ1) is 9.67. The van der Waals surface area contributed by atoms with Crippen molar-refractivity contribution in [3.8, 4) is 5.75 Å². The maximum atomic E-state index is 5.85. The Morgan fingerprint density at radius 2 is 1.90 bits per heavy atom. The molecule has 1 aromatic rings. The molecule has 0 aliphatic heterocycles. The lowest BCUT2D eigenvalue weighted by atomic mass is 10.1. The topological polar surface area (TPSA) is 21.3 Å². The first kappa shape index (κ1) is 16.9. The maximum Gasteiger partial charge on any atom is 0.142 e. The van der Waals surface area contributed by atoms with E-state index < -0.39 is 0 Å². The smallest absolute Gasteiger partial charge is 0.142 e. The van der Waals surface area contributed by atoms with Crippen LogP contribution in [0.5, 0.6) is 5.75 Å². The minimum absolute atomic E-state index is 0.499. The van der Waals surface area contributed by atoms with Crippen LogP contribution in [0.3, 0.4) is 0 Å². The Morgan fingerprint density at radius 3 is 2.60 bits per heavy atom. The van der Waals surface area contributed by atoms with Gasteiger partial charge in [0.1, 0.15) is 5.75 Å². The highest BCUT2D eigenvalue weighted by Crippen LogP contribution is 2.27. The van der Waals surface area contributed by atoms with Crippen LogP contribution in [0, 0.1) is 6.92 Å². The fraction of sp³-hybridized carbons (Fsp3) is 0.667. The van der Waals surface area contributed by atoms with E-state index in [2.05, 4.69) is 51.2 Å². The van der Waals surface area contributed by atoms with Gasteiger partial charge in [-0.15, -0.1) is 0 Å². The highest BCUT2D eigenvalue weighted by Gasteiger charge is 2.07. The molecule has 0 fully saturated rings. The molecule has 1 rings (SSSR count). The number of rotatable bonds is 10. The van der Waals surface area contributed by atoms with Gasteiger partial charge < -0.3 is 10.1 Å². The van der Waals surface area contributed by atoms with Crippen molar-refractivity contribution in [1.82, 2.24) is 0 Å². The van der Waals surface area contributed by atoms with Gasteiger partial charge in [0.05, 0.1) is 12.3 Å². The Hall–Kier alpha value is -1.18. The summed E-state index contributed by atoms with van der Waals surface area (Å²) in [6, 6.07) is 6.91. The third-order valence-electron chi connectivity index (χ3n) is 3.49. The van der Waals surface area contributed by atoms with Crippen molar-refractivity contribution < 1.29 is 4.74 Å². The van der Waals surface area contributed by atoms with Crippen molar-refractivity contribution in [2.75, 3.05) is 11.9 Å². The lowest BCUT2D eigenvalue weighted by Gasteiger charge is -2.19. The van der Waals surface area contributed by atoms with Gasteiger partial charge in [-0.3, -0.25) is 0 Å². The second kappa shape index (κ2) is 9.68. The van der Waals surface area contributed by atoms with Crippen LogP contribution in [0.1, 0.15) is 64.9 Å². The SMILES string of the molecule is CCCCCCC(C)Nc1ccc(C)cc1OCCC. The predicted octanol–water partition coefficient (Wildman–Crippen LogP) is 5.55. The van der Waals surface area contributed by atoms with Gasteiger partial charge in [-0.05, 0) is 44.4 Å². The van der Waals surface area contributed by atoms with Crippen molar-refractivity contribution in [3.05, 3.63) is 23.8 Å². The average molecular weight is 277 g/mol. The van der Waals surface area contributed by atoms with Gasteiger partial charge in [0.2, 0.25) is 0 Å². The molecule has 114 valence electrons. The summed E-state index contributed by atoms with van der Waals surface area (Å²) >= 11 is 0. The fourth-order valence-corrected chi connectivity index (χ4v) is 2.30. The molecule has 0 bridgehead atoms. The van der Waals surface area contributed by atoms with Gasteiger partial charge in [-0.25, -0.2) is 0 Å². The molecule has 2 nitrogen and oxygen atoms in total. The molecule has 1 N–H and O–H groups in total. The Labute approximate surface area is 124 Å². The van der Waals surface area contributed by atoms with Crippen LogP contribution < -0.4 is 10.1 Å². The number of anilines is 1. The van der Waals surface area contributed by atoms with Crippen molar-refractivity contribution in [1.29, 1.82) is 0 Å². The van der Waals surface area contributed by atoms with Crippen LogP contribution in [0.4, 0.5) is 5.69 Å². The van der Waals surface area contributed by atoms with E-state index in [4.69, 9.17) is 4.74 Å². The van der Waals surface area contributed by atoms with Gasteiger partial charge in [0.25, 0.3) is 0 Å². The third-order valence-corrected chi connectivity index (χ3v) is 3.49. The zero-order valence-electron chi connectivity index (χ0n) is 13.7. The Kier molecular flexibility index (Phi) is 8.17. The highest BCUT2D eigenvalue weighted by molar-refractivity contribution is 5.58. The number of hydrogen-bond donors (Lipinski definition) is 1. The van der Waals surface area contributed by atoms with Gasteiger partial charge in [-0.1, -0.05) is 45.6 Å². The van der Waals surface area contributed by atoms with Crippen LogP contribution in [0.25, 0.3) is 0 Å². The predicted molar refractivity (Wildman–Crippen MR) is 88.8 cm³/mol. The average Bonchev–Trinajstić information content (AvgIpc) is 2.44. The van der Waals surface area contributed by atoms with E-state index in [1.54, 1.807) is 0 Å². The third kappa shape index (κ3) is 6.31. The van der Waals surface area contributed by atoms with E-state index >= 15 is 0 Å². The van der Waals surface area contributed by atoms with E-state index in [0.717, 1.165) is 24.5 Å². The molecule has 0 heterocycles. The van der Waals surface area contributed by atoms with Gasteiger partial charge >= 0.3 is 0 Å². The molecule has 0 saturated carbocycles. The molecule has 0 aromatic heterocycles. The van der Waals surface area contributed by atoms with Crippen LogP contribution >= 0.6 is 0 Å². The van der Waals surface area contributed by atoms with E-state index in [1.807, 2.05) is 0 Å². The number of nitrogens with one attached hydrogen (secondary N) is 1. The molecular formula is C18H31NO. The summed E-state index contributed by atoms with van der Waals surface area (Å²) < 4.78 is 5.85. The van der Waals surface area contributed by atoms with Crippen molar-refractivity contribution in [3.63, 3.8) is 0 Å². The summed E-state index contributed by atoms with van der Waals surface area (Å²) in [5.74, 6) is 0.993. The monoisotopic (exact) mass is 277 g/mol. The van der Waals surface area contributed by atoms with E-state index in [0.29, 0.717) is 6.04 Å². The molecule has 1 atom stereocenters. The summed E-state index contributed by atoms with van der Waals surface area (Å²) in [5.41, 5.74) is 2.38. The van der Waals surface area contributed by atoms with Crippen LogP contribution in [0.2, 0.25) is 0 Å². The minimum atomic E-state index is 0.499. The lowest BCUT2D eigenvalue weighted by Crippen LogP contribution is -2.16. The molecule has 0 saturated heterocycles. The number of benzene rings is 1. The fourth-order valence-electron chi connectivity index (χ4n) is 2.30. The number of ether oxygens (including phenoxy) is 1. The van der Waals surface area contributed by atoms with Crippen molar-refractivity contribution in [2.45, 2.75) is 72.3 Å². The van der Waals surface area contributed by atoms with Crippen LogP contribution in [-0.4, -0.2) is 12.6 Å². The minimum Gasteiger partial charge on any atom is -0.491 e. The summed E-state index contributed by atoms with van der Waals surface area (Å²) in [6.07, 6.45) is 7.56. The first-order valence-electron chi connectivity index (χ1n) is 8.17. The molecule has 0 aliphatic carbocycles. The second-order valence-corrected chi connectivity index (χ2v) is 5.74. The standard InChI is InChI=1S/C18H31NO/c1-5-7-8-9-10-16(4)19-17-12-11-15(3)14-18(17)20-13-6-2/h11-12,14,16,19H,5-10,13H2,1-4H3. The summed E-state index contributed by atoms with van der Waals surface area (Å²) in [7, 11) is 0. The van der Waals surface area contributed by atoms with Crippen LogP contribution in [-0.2, 0) is 0 Å². The molecule has 0 aliphatic rings. The molecule has 20 heavy (non-hydrogen) atoms. The summed E-state index contributed by atoms with van der Waals surface area (Å²) in [5, 5.41) is 3.60. The number of unbranched alkanes of at least 4 members (excludes halogenated alkanes) is 3. The zero-order valence-corrected chi connectivity index (χ0v) is 13.7. The first-order valence-corrected chi connectivity index (χ1v) is 8.17. The van der Waals surface area contributed by atoms with Crippen molar-refractivity contribution in [2.24, 2.45) is 0 Å². The van der Waals surface area contributed by atoms with E-state index in [-0.39, 0.29) is 0 Å². The Morgan fingerprint density at radius 1 is 1.10 bits per heavy atom. The quantitative estimate of drug-likeness (QED) is 0.566. The van der Waals surface area contributed by atoms with Gasteiger partial charge in [-0.2, -0.15) is 0 Å². The highest BCUT2D eigenvalue weighted by atomic mass is 16.5. The van der Waals surface area contributed by atoms with E-state index in [1.165, 1.54) is 37.7 Å². The lowest BCUT2D eigenvalue weighted by molar-refractivity contribution is 0.318. The van der Waals surface area contributed by atoms with Gasteiger partial charge in [0, 0.05) is 6.04 Å². The summed E-state index contributed by atoms with van der Waals surface area (Å²) in [6.45, 7) is 9.54. The molecule has 0 radical (unpaired) electrons. The molecule has 2 heteroatoms. The molecule has 1 aromatic carbocycles. The largest absolute Gasteiger partial charge is 0.491 e. The maximum absolute atomic E-state index is 5.85. The number of hydrogen-bond acceptors (Lipinski definition) is 2. The Bertz CT molecular complexity index is 376. The normalized spacial score (nSPS) is 12.2. The Balaban J connectivity index is 2.52. The van der Waals surface area contributed by atoms with Crippen LogP contribution in [0.15, 0.2) is 18.2 Å². The van der Waals surface area contributed by atoms with Gasteiger partial charge in [0.15, 0.2) is 0 Å². The molecule has 1 unspecified atom stereocenters. The molecular weight excluding hydrogens is 246 g/mol. The molecule has 0 amide bonds. The number of aryl methyl sites for hydroxylation is 1.